The summed E-state index contributed by atoms with van der Waals surface area (Å²) < 4.78 is 5.73. The van der Waals surface area contributed by atoms with Crippen LogP contribution in [0.25, 0.3) is 0 Å². The molecule has 5 nitrogen and oxygen atoms in total. The van der Waals surface area contributed by atoms with E-state index in [1.54, 1.807) is 29.2 Å². The number of halogens is 1. The van der Waals surface area contributed by atoms with Gasteiger partial charge < -0.3 is 15.0 Å². The Morgan fingerprint density at radius 3 is 2.30 bits per heavy atom. The van der Waals surface area contributed by atoms with Gasteiger partial charge in [0.15, 0.2) is 0 Å². The van der Waals surface area contributed by atoms with Crippen LogP contribution in [0.4, 0.5) is 5.69 Å². The van der Waals surface area contributed by atoms with Crippen LogP contribution in [0.5, 0.6) is 5.75 Å². The lowest BCUT2D eigenvalue weighted by molar-refractivity contribution is -0.134. The van der Waals surface area contributed by atoms with Crippen LogP contribution in [0.2, 0.25) is 5.02 Å². The summed E-state index contributed by atoms with van der Waals surface area (Å²) in [6.45, 7) is 5.87. The van der Waals surface area contributed by atoms with Crippen molar-refractivity contribution in [3.8, 4) is 5.75 Å². The summed E-state index contributed by atoms with van der Waals surface area (Å²) in [6.07, 6.45) is 0.798. The molecule has 6 heteroatoms. The number of ether oxygens (including phenoxy) is 1. The van der Waals surface area contributed by atoms with Gasteiger partial charge in [-0.05, 0) is 55.3 Å². The highest BCUT2D eigenvalue weighted by Crippen LogP contribution is 2.18. The van der Waals surface area contributed by atoms with E-state index in [0.29, 0.717) is 23.1 Å². The molecule has 0 radical (unpaired) electrons. The molecule has 1 atom stereocenters. The van der Waals surface area contributed by atoms with E-state index in [1.807, 2.05) is 38.1 Å². The van der Waals surface area contributed by atoms with E-state index in [2.05, 4.69) is 5.32 Å². The number of hydrogen-bond acceptors (Lipinski definition) is 3. The van der Waals surface area contributed by atoms with Crippen LogP contribution in [-0.4, -0.2) is 29.3 Å². The number of carbonyl (C=O) groups excluding carboxylic acids is 2. The van der Waals surface area contributed by atoms with Crippen molar-refractivity contribution in [3.05, 3.63) is 59.1 Å². The molecule has 2 rings (SSSR count). The largest absolute Gasteiger partial charge is 0.489 e. The second-order valence-corrected chi connectivity index (χ2v) is 6.83. The number of nitrogens with one attached hydrogen (secondary N) is 1. The highest BCUT2D eigenvalue weighted by atomic mass is 35.5. The van der Waals surface area contributed by atoms with Gasteiger partial charge in [-0.1, -0.05) is 30.7 Å². The fraction of sp³-hybridized carbons (Fsp3) is 0.333. The Kier molecular flexibility index (Phi) is 7.67. The van der Waals surface area contributed by atoms with Gasteiger partial charge in [0.05, 0.1) is 0 Å². The predicted molar refractivity (Wildman–Crippen MR) is 108 cm³/mol. The van der Waals surface area contributed by atoms with E-state index in [1.165, 1.54) is 6.92 Å². The SMILES string of the molecule is CCC(C)N(CC(=O)Nc1ccc(OCc2ccc(Cl)cc2)cc1)C(C)=O. The summed E-state index contributed by atoms with van der Waals surface area (Å²) in [5, 5.41) is 3.50. The summed E-state index contributed by atoms with van der Waals surface area (Å²) in [4.78, 5) is 25.5. The second kappa shape index (κ2) is 9.97. The Bertz CT molecular complexity index is 760. The molecule has 0 saturated heterocycles. The summed E-state index contributed by atoms with van der Waals surface area (Å²) in [5.74, 6) is 0.374. The first kappa shape index (κ1) is 20.8. The molecule has 1 N–H and O–H groups in total. The molecule has 0 aliphatic carbocycles. The first-order valence-electron chi connectivity index (χ1n) is 8.93. The lowest BCUT2D eigenvalue weighted by Gasteiger charge is -2.26. The van der Waals surface area contributed by atoms with E-state index in [9.17, 15) is 9.59 Å². The minimum Gasteiger partial charge on any atom is -0.489 e. The predicted octanol–water partition coefficient (Wildman–Crippen LogP) is 4.50. The van der Waals surface area contributed by atoms with Crippen LogP contribution in [0.3, 0.4) is 0 Å². The zero-order chi connectivity index (χ0) is 19.8. The Hall–Kier alpha value is -2.53. The van der Waals surface area contributed by atoms with E-state index in [-0.39, 0.29) is 24.4 Å². The summed E-state index contributed by atoms with van der Waals surface area (Å²) in [5.41, 5.74) is 1.68. The highest BCUT2D eigenvalue weighted by Gasteiger charge is 2.18. The van der Waals surface area contributed by atoms with Crippen molar-refractivity contribution >= 4 is 29.1 Å². The molecule has 0 heterocycles. The molecule has 1 unspecified atom stereocenters. The number of hydrogen-bond donors (Lipinski definition) is 1. The number of nitrogens with zero attached hydrogens (tertiary/aromatic N) is 1. The van der Waals surface area contributed by atoms with Crippen LogP contribution in [0, 0.1) is 0 Å². The fourth-order valence-corrected chi connectivity index (χ4v) is 2.66. The Balaban J connectivity index is 1.88. The van der Waals surface area contributed by atoms with Crippen LogP contribution >= 0.6 is 11.6 Å². The van der Waals surface area contributed by atoms with Gasteiger partial charge in [-0.3, -0.25) is 9.59 Å². The average Bonchev–Trinajstić information content (AvgIpc) is 2.66. The monoisotopic (exact) mass is 388 g/mol. The molecule has 0 aliphatic rings. The zero-order valence-corrected chi connectivity index (χ0v) is 16.6. The summed E-state index contributed by atoms with van der Waals surface area (Å²) in [6, 6.07) is 14.6. The van der Waals surface area contributed by atoms with Gasteiger partial charge >= 0.3 is 0 Å². The van der Waals surface area contributed by atoms with Crippen LogP contribution < -0.4 is 10.1 Å². The lowest BCUT2D eigenvalue weighted by atomic mass is 10.2. The van der Waals surface area contributed by atoms with E-state index in [4.69, 9.17) is 16.3 Å². The van der Waals surface area contributed by atoms with Crippen molar-refractivity contribution in [2.24, 2.45) is 0 Å². The quantitative estimate of drug-likeness (QED) is 0.724. The zero-order valence-electron chi connectivity index (χ0n) is 15.9. The third-order valence-electron chi connectivity index (χ3n) is 4.30. The van der Waals surface area contributed by atoms with Gasteiger partial charge in [0.2, 0.25) is 11.8 Å². The number of benzene rings is 2. The van der Waals surface area contributed by atoms with Gasteiger partial charge in [-0.2, -0.15) is 0 Å². The number of rotatable bonds is 8. The molecule has 0 saturated carbocycles. The van der Waals surface area contributed by atoms with Gasteiger partial charge in [-0.25, -0.2) is 0 Å². The smallest absolute Gasteiger partial charge is 0.244 e. The molecule has 0 spiro atoms. The molecule has 2 amide bonds. The molecule has 2 aromatic rings. The maximum absolute atomic E-state index is 12.2. The third-order valence-corrected chi connectivity index (χ3v) is 4.55. The van der Waals surface area contributed by atoms with Crippen molar-refractivity contribution in [1.82, 2.24) is 4.90 Å². The maximum atomic E-state index is 12.2. The molecule has 0 aromatic heterocycles. The molecule has 27 heavy (non-hydrogen) atoms. The van der Waals surface area contributed by atoms with E-state index < -0.39 is 0 Å². The van der Waals surface area contributed by atoms with Crippen molar-refractivity contribution in [1.29, 1.82) is 0 Å². The van der Waals surface area contributed by atoms with Gasteiger partial charge in [-0.15, -0.1) is 0 Å². The molecular weight excluding hydrogens is 364 g/mol. The second-order valence-electron chi connectivity index (χ2n) is 6.39. The third kappa shape index (κ3) is 6.61. The number of amides is 2. The van der Waals surface area contributed by atoms with E-state index in [0.717, 1.165) is 12.0 Å². The topological polar surface area (TPSA) is 58.6 Å². The van der Waals surface area contributed by atoms with Crippen molar-refractivity contribution in [3.63, 3.8) is 0 Å². The lowest BCUT2D eigenvalue weighted by Crippen LogP contribution is -2.42. The molecule has 144 valence electrons. The van der Waals surface area contributed by atoms with Crippen molar-refractivity contribution in [2.75, 3.05) is 11.9 Å². The minimum atomic E-state index is -0.222. The molecule has 0 bridgehead atoms. The standard InChI is InChI=1S/C21H25ClN2O3/c1-4-15(2)24(16(3)25)13-21(26)23-19-9-11-20(12-10-19)27-14-17-5-7-18(22)8-6-17/h5-12,15H,4,13-14H2,1-3H3,(H,23,26). The van der Waals surface area contributed by atoms with Gasteiger partial charge in [0, 0.05) is 23.7 Å². The minimum absolute atomic E-state index is 0.0249. The van der Waals surface area contributed by atoms with Crippen LogP contribution in [-0.2, 0) is 16.2 Å². The Morgan fingerprint density at radius 1 is 1.11 bits per heavy atom. The van der Waals surface area contributed by atoms with Crippen molar-refractivity contribution in [2.45, 2.75) is 39.8 Å². The van der Waals surface area contributed by atoms with Crippen LogP contribution in [0.15, 0.2) is 48.5 Å². The van der Waals surface area contributed by atoms with Crippen molar-refractivity contribution < 1.29 is 14.3 Å². The molecule has 0 aliphatic heterocycles. The normalized spacial score (nSPS) is 11.6. The Morgan fingerprint density at radius 2 is 1.74 bits per heavy atom. The number of carbonyl (C=O) groups is 2. The molecule has 2 aromatic carbocycles. The summed E-state index contributed by atoms with van der Waals surface area (Å²) >= 11 is 5.86. The summed E-state index contributed by atoms with van der Waals surface area (Å²) in [7, 11) is 0. The molecule has 0 fully saturated rings. The first-order valence-corrected chi connectivity index (χ1v) is 9.31. The fourth-order valence-electron chi connectivity index (χ4n) is 2.53. The first-order chi connectivity index (χ1) is 12.9. The van der Waals surface area contributed by atoms with Gasteiger partial charge in [0.1, 0.15) is 18.9 Å². The number of anilines is 1. The average molecular weight is 389 g/mol. The van der Waals surface area contributed by atoms with Crippen LogP contribution in [0.1, 0.15) is 32.8 Å². The maximum Gasteiger partial charge on any atom is 0.244 e. The highest BCUT2D eigenvalue weighted by molar-refractivity contribution is 6.30. The van der Waals surface area contributed by atoms with E-state index >= 15 is 0 Å². The Labute approximate surface area is 165 Å². The molecular formula is C21H25ClN2O3. The van der Waals surface area contributed by atoms with Gasteiger partial charge in [0.25, 0.3) is 0 Å².